The number of carbonyl (C=O) groups excluding carboxylic acids is 1. The predicted octanol–water partition coefficient (Wildman–Crippen LogP) is 2.22. The highest BCUT2D eigenvalue weighted by Gasteiger charge is 2.37. The first-order chi connectivity index (χ1) is 9.91. The van der Waals surface area contributed by atoms with Crippen LogP contribution < -0.4 is 0 Å². The van der Waals surface area contributed by atoms with Gasteiger partial charge < -0.3 is 10.0 Å². The van der Waals surface area contributed by atoms with Gasteiger partial charge >= 0.3 is 5.97 Å². The van der Waals surface area contributed by atoms with Gasteiger partial charge in [-0.3, -0.25) is 9.59 Å². The predicted molar refractivity (Wildman–Crippen MR) is 71.6 cm³/mol. The molecule has 0 radical (unpaired) electrons. The molecule has 2 rings (SSSR count). The molecule has 114 valence electrons. The number of carboxylic acids is 1. The fraction of sp³-hybridized carbons (Fsp3) is 0.467. The zero-order valence-corrected chi connectivity index (χ0v) is 11.7. The highest BCUT2D eigenvalue weighted by atomic mass is 19.2. The quantitative estimate of drug-likeness (QED) is 0.927. The number of hydrogen-bond donors (Lipinski definition) is 1. The summed E-state index contributed by atoms with van der Waals surface area (Å²) in [7, 11) is 0. The lowest BCUT2D eigenvalue weighted by Gasteiger charge is -2.23. The summed E-state index contributed by atoms with van der Waals surface area (Å²) in [5, 5.41) is 9.03. The minimum atomic E-state index is -0.930. The summed E-state index contributed by atoms with van der Waals surface area (Å²) in [5.41, 5.74) is 0.157. The second kappa shape index (κ2) is 6.20. The molecular formula is C15H17F2NO3. The van der Waals surface area contributed by atoms with Gasteiger partial charge in [0.25, 0.3) is 0 Å². The summed E-state index contributed by atoms with van der Waals surface area (Å²) in [6.45, 7) is 2.09. The molecule has 1 amide bonds. The van der Waals surface area contributed by atoms with Crippen LogP contribution in [0, 0.1) is 17.6 Å². The Labute approximate surface area is 121 Å². The van der Waals surface area contributed by atoms with E-state index in [1.54, 1.807) is 6.92 Å². The maximum Gasteiger partial charge on any atom is 0.308 e. The Hall–Kier alpha value is -1.98. The maximum absolute atomic E-state index is 13.5. The fourth-order valence-electron chi connectivity index (χ4n) is 2.75. The average Bonchev–Trinajstić information content (AvgIpc) is 2.82. The summed E-state index contributed by atoms with van der Waals surface area (Å²) in [6.07, 6.45) is 0.566. The van der Waals surface area contributed by atoms with Crippen LogP contribution in [0.2, 0.25) is 0 Å². The molecule has 0 bridgehead atoms. The standard InChI is InChI=1S/C15H17F2NO3/c1-9-11(15(20)21)7-8-18(9)13(19)6-5-10-3-2-4-12(16)14(10)17/h2-4,9,11H,5-8H2,1H3,(H,20,21). The van der Waals surface area contributed by atoms with Gasteiger partial charge in [0, 0.05) is 19.0 Å². The first-order valence-corrected chi connectivity index (χ1v) is 6.87. The topological polar surface area (TPSA) is 57.6 Å². The summed E-state index contributed by atoms with van der Waals surface area (Å²) in [5.74, 6) is -3.55. The minimum absolute atomic E-state index is 0.0387. The zero-order valence-electron chi connectivity index (χ0n) is 11.7. The summed E-state index contributed by atoms with van der Waals surface area (Å²) in [4.78, 5) is 24.6. The number of benzene rings is 1. The van der Waals surface area contributed by atoms with Crippen molar-refractivity contribution in [2.45, 2.75) is 32.2 Å². The Kier molecular flexibility index (Phi) is 4.55. The lowest BCUT2D eigenvalue weighted by molar-refractivity contribution is -0.143. The molecule has 1 aromatic rings. The first kappa shape index (κ1) is 15.4. The fourth-order valence-corrected chi connectivity index (χ4v) is 2.75. The number of nitrogens with zero attached hydrogens (tertiary/aromatic N) is 1. The number of rotatable bonds is 4. The van der Waals surface area contributed by atoms with Crippen molar-refractivity contribution in [1.82, 2.24) is 4.90 Å². The van der Waals surface area contributed by atoms with Crippen molar-refractivity contribution in [2.24, 2.45) is 5.92 Å². The number of likely N-dealkylation sites (tertiary alicyclic amines) is 1. The van der Waals surface area contributed by atoms with Crippen LogP contribution in [0.15, 0.2) is 18.2 Å². The second-order valence-corrected chi connectivity index (χ2v) is 5.27. The van der Waals surface area contributed by atoms with Crippen molar-refractivity contribution in [1.29, 1.82) is 0 Å². The maximum atomic E-state index is 13.5. The second-order valence-electron chi connectivity index (χ2n) is 5.27. The average molecular weight is 297 g/mol. The Balaban J connectivity index is 1.97. The highest BCUT2D eigenvalue weighted by molar-refractivity contribution is 5.79. The summed E-state index contributed by atoms with van der Waals surface area (Å²) < 4.78 is 26.6. The third-order valence-electron chi connectivity index (χ3n) is 4.03. The van der Waals surface area contributed by atoms with E-state index in [1.807, 2.05) is 0 Å². The number of hydrogen-bond acceptors (Lipinski definition) is 2. The molecule has 2 atom stereocenters. The van der Waals surface area contributed by atoms with Gasteiger partial charge in [-0.2, -0.15) is 0 Å². The minimum Gasteiger partial charge on any atom is -0.481 e. The molecule has 0 aromatic heterocycles. The molecule has 21 heavy (non-hydrogen) atoms. The van der Waals surface area contributed by atoms with Crippen LogP contribution in [0.5, 0.6) is 0 Å². The van der Waals surface area contributed by atoms with E-state index in [1.165, 1.54) is 17.0 Å². The molecule has 0 saturated carbocycles. The van der Waals surface area contributed by atoms with Gasteiger partial charge in [0.1, 0.15) is 0 Å². The van der Waals surface area contributed by atoms with E-state index in [4.69, 9.17) is 5.11 Å². The molecule has 0 spiro atoms. The monoisotopic (exact) mass is 297 g/mol. The van der Waals surface area contributed by atoms with Crippen molar-refractivity contribution in [3.8, 4) is 0 Å². The van der Waals surface area contributed by atoms with Crippen LogP contribution in [-0.2, 0) is 16.0 Å². The highest BCUT2D eigenvalue weighted by Crippen LogP contribution is 2.25. The largest absolute Gasteiger partial charge is 0.481 e. The number of aliphatic carboxylic acids is 1. The molecule has 1 aliphatic heterocycles. The van der Waals surface area contributed by atoms with E-state index >= 15 is 0 Å². The third kappa shape index (κ3) is 3.20. The normalized spacial score (nSPS) is 21.6. The van der Waals surface area contributed by atoms with Gasteiger partial charge in [0.05, 0.1) is 5.92 Å². The van der Waals surface area contributed by atoms with Crippen LogP contribution in [0.3, 0.4) is 0 Å². The molecule has 1 saturated heterocycles. The molecular weight excluding hydrogens is 280 g/mol. The Morgan fingerprint density at radius 2 is 2.10 bits per heavy atom. The molecule has 1 N–H and O–H groups in total. The van der Waals surface area contributed by atoms with Crippen molar-refractivity contribution in [2.75, 3.05) is 6.54 Å². The van der Waals surface area contributed by atoms with Crippen LogP contribution in [0.4, 0.5) is 8.78 Å². The smallest absolute Gasteiger partial charge is 0.308 e. The van der Waals surface area contributed by atoms with Crippen LogP contribution >= 0.6 is 0 Å². The van der Waals surface area contributed by atoms with Gasteiger partial charge in [-0.05, 0) is 31.4 Å². The third-order valence-corrected chi connectivity index (χ3v) is 4.03. The molecule has 2 unspecified atom stereocenters. The molecule has 6 heteroatoms. The van der Waals surface area contributed by atoms with Crippen molar-refractivity contribution in [3.05, 3.63) is 35.4 Å². The number of carboxylic acid groups (broad SMARTS) is 1. The number of halogens is 2. The van der Waals surface area contributed by atoms with Gasteiger partial charge in [-0.15, -0.1) is 0 Å². The van der Waals surface area contributed by atoms with Gasteiger partial charge in [-0.25, -0.2) is 8.78 Å². The van der Waals surface area contributed by atoms with Crippen LogP contribution in [-0.4, -0.2) is 34.5 Å². The van der Waals surface area contributed by atoms with E-state index in [-0.39, 0.29) is 30.4 Å². The van der Waals surface area contributed by atoms with E-state index in [2.05, 4.69) is 0 Å². The van der Waals surface area contributed by atoms with E-state index in [0.29, 0.717) is 13.0 Å². The van der Waals surface area contributed by atoms with E-state index in [0.717, 1.165) is 6.07 Å². The summed E-state index contributed by atoms with van der Waals surface area (Å²) in [6, 6.07) is 3.50. The molecule has 1 fully saturated rings. The van der Waals surface area contributed by atoms with Crippen LogP contribution in [0.25, 0.3) is 0 Å². The lowest BCUT2D eigenvalue weighted by atomic mass is 10.0. The van der Waals surface area contributed by atoms with Gasteiger partial charge in [0.2, 0.25) is 5.91 Å². The Morgan fingerprint density at radius 1 is 1.38 bits per heavy atom. The van der Waals surface area contributed by atoms with E-state index < -0.39 is 23.5 Å². The Morgan fingerprint density at radius 3 is 2.71 bits per heavy atom. The first-order valence-electron chi connectivity index (χ1n) is 6.87. The molecule has 1 heterocycles. The van der Waals surface area contributed by atoms with E-state index in [9.17, 15) is 18.4 Å². The number of amides is 1. The SMILES string of the molecule is CC1C(C(=O)O)CCN1C(=O)CCc1cccc(F)c1F. The zero-order chi connectivity index (χ0) is 15.6. The molecule has 1 aromatic carbocycles. The van der Waals surface area contributed by atoms with Crippen LogP contribution in [0.1, 0.15) is 25.3 Å². The Bertz CT molecular complexity index is 562. The molecule has 0 aliphatic carbocycles. The summed E-state index contributed by atoms with van der Waals surface area (Å²) >= 11 is 0. The molecule has 4 nitrogen and oxygen atoms in total. The van der Waals surface area contributed by atoms with Crippen molar-refractivity contribution < 1.29 is 23.5 Å². The molecule has 1 aliphatic rings. The van der Waals surface area contributed by atoms with Gasteiger partial charge in [0.15, 0.2) is 11.6 Å². The lowest BCUT2D eigenvalue weighted by Crippen LogP contribution is -2.37. The number of aryl methyl sites for hydroxylation is 1. The van der Waals surface area contributed by atoms with Gasteiger partial charge in [-0.1, -0.05) is 12.1 Å². The van der Waals surface area contributed by atoms with Crippen molar-refractivity contribution in [3.63, 3.8) is 0 Å². The number of carbonyl (C=O) groups is 2. The van der Waals surface area contributed by atoms with Crippen molar-refractivity contribution >= 4 is 11.9 Å².